The molecule has 4 atom stereocenters. The normalized spacial score (nSPS) is 31.0. The second-order valence-corrected chi connectivity index (χ2v) is 7.45. The van der Waals surface area contributed by atoms with E-state index in [2.05, 4.69) is 55.3 Å². The van der Waals surface area contributed by atoms with E-state index in [0.29, 0.717) is 12.0 Å². The summed E-state index contributed by atoms with van der Waals surface area (Å²) in [7, 11) is 2.18. The van der Waals surface area contributed by atoms with Crippen LogP contribution in [0.15, 0.2) is 29.2 Å². The third-order valence-corrected chi connectivity index (χ3v) is 6.67. The van der Waals surface area contributed by atoms with Crippen LogP contribution in [0, 0.1) is 11.8 Å². The van der Waals surface area contributed by atoms with E-state index in [-0.39, 0.29) is 0 Å². The number of rotatable bonds is 4. The molecular formula is C18H27NS. The summed E-state index contributed by atoms with van der Waals surface area (Å²) < 4.78 is 0. The molecule has 20 heavy (non-hydrogen) atoms. The molecule has 1 nitrogen and oxygen atoms in total. The van der Waals surface area contributed by atoms with E-state index in [4.69, 9.17) is 0 Å². The van der Waals surface area contributed by atoms with Gasteiger partial charge < -0.3 is 5.32 Å². The summed E-state index contributed by atoms with van der Waals surface area (Å²) in [5.41, 5.74) is 1.59. The smallest absolute Gasteiger partial charge is 0.0172 e. The standard InChI is InChI=1S/C18H27NS/c1-3-13-8-4-5-9-14(13)18(19-2)16-12-20-17-11-7-6-10-15(16)17/h6-7,10-11,13-14,16,18-19H,3-5,8-9,12H2,1-2H3. The molecule has 1 aliphatic heterocycles. The molecule has 1 aromatic carbocycles. The third-order valence-electron chi connectivity index (χ3n) is 5.46. The van der Waals surface area contributed by atoms with Crippen LogP contribution in [0.4, 0.5) is 0 Å². The van der Waals surface area contributed by atoms with E-state index >= 15 is 0 Å². The van der Waals surface area contributed by atoms with Gasteiger partial charge in [-0.3, -0.25) is 0 Å². The van der Waals surface area contributed by atoms with Gasteiger partial charge in [-0.05, 0) is 36.9 Å². The summed E-state index contributed by atoms with van der Waals surface area (Å²) in [6.45, 7) is 2.38. The van der Waals surface area contributed by atoms with Gasteiger partial charge in [0.05, 0.1) is 0 Å². The molecule has 1 aliphatic carbocycles. The number of benzene rings is 1. The van der Waals surface area contributed by atoms with Crippen LogP contribution in [0.5, 0.6) is 0 Å². The van der Waals surface area contributed by atoms with E-state index in [1.807, 2.05) is 0 Å². The molecule has 110 valence electrons. The van der Waals surface area contributed by atoms with Crippen LogP contribution in [0.2, 0.25) is 0 Å². The fourth-order valence-electron chi connectivity index (χ4n) is 4.41. The number of likely N-dealkylation sites (N-methyl/N-ethyl adjacent to an activating group) is 1. The molecule has 1 fully saturated rings. The number of nitrogens with one attached hydrogen (secondary N) is 1. The zero-order valence-corrected chi connectivity index (χ0v) is 13.6. The molecule has 3 rings (SSSR count). The van der Waals surface area contributed by atoms with Crippen LogP contribution in [0.3, 0.4) is 0 Å². The molecule has 0 aromatic heterocycles. The maximum Gasteiger partial charge on any atom is 0.0172 e. The highest BCUT2D eigenvalue weighted by Crippen LogP contribution is 2.46. The molecule has 1 saturated carbocycles. The summed E-state index contributed by atoms with van der Waals surface area (Å²) in [6, 6.07) is 9.70. The molecule has 1 heterocycles. The molecule has 0 bridgehead atoms. The highest BCUT2D eigenvalue weighted by atomic mass is 32.2. The van der Waals surface area contributed by atoms with Crippen molar-refractivity contribution in [2.75, 3.05) is 12.8 Å². The molecule has 4 unspecified atom stereocenters. The van der Waals surface area contributed by atoms with Crippen LogP contribution in [-0.4, -0.2) is 18.8 Å². The van der Waals surface area contributed by atoms with Gasteiger partial charge in [0, 0.05) is 22.6 Å². The summed E-state index contributed by atoms with van der Waals surface area (Å²) in [5, 5.41) is 3.71. The number of fused-ring (bicyclic) bond motifs is 1. The first kappa shape index (κ1) is 14.5. The molecule has 0 amide bonds. The largest absolute Gasteiger partial charge is 0.316 e. The average molecular weight is 289 g/mol. The zero-order chi connectivity index (χ0) is 13.9. The number of hydrogen-bond donors (Lipinski definition) is 1. The van der Waals surface area contributed by atoms with E-state index in [9.17, 15) is 0 Å². The van der Waals surface area contributed by atoms with Crippen LogP contribution in [0.1, 0.15) is 50.5 Å². The van der Waals surface area contributed by atoms with Crippen molar-refractivity contribution in [2.45, 2.75) is 55.9 Å². The Labute approximate surface area is 127 Å². The van der Waals surface area contributed by atoms with E-state index in [1.165, 1.54) is 42.8 Å². The van der Waals surface area contributed by atoms with E-state index < -0.39 is 0 Å². The van der Waals surface area contributed by atoms with Crippen LogP contribution in [-0.2, 0) is 0 Å². The minimum absolute atomic E-state index is 0.663. The van der Waals surface area contributed by atoms with Crippen LogP contribution >= 0.6 is 11.8 Å². The van der Waals surface area contributed by atoms with Crippen LogP contribution < -0.4 is 5.32 Å². The maximum absolute atomic E-state index is 3.71. The first-order chi connectivity index (χ1) is 9.85. The predicted octanol–water partition coefficient (Wildman–Crippen LogP) is 4.68. The van der Waals surface area contributed by atoms with Crippen molar-refractivity contribution >= 4 is 11.8 Å². The fraction of sp³-hybridized carbons (Fsp3) is 0.667. The topological polar surface area (TPSA) is 12.0 Å². The zero-order valence-electron chi connectivity index (χ0n) is 12.8. The number of thioether (sulfide) groups is 1. The fourth-order valence-corrected chi connectivity index (χ4v) is 5.72. The highest BCUT2D eigenvalue weighted by molar-refractivity contribution is 7.99. The van der Waals surface area contributed by atoms with Gasteiger partial charge in [0.25, 0.3) is 0 Å². The molecule has 2 aliphatic rings. The van der Waals surface area contributed by atoms with E-state index in [1.54, 1.807) is 5.56 Å². The van der Waals surface area contributed by atoms with Crippen molar-refractivity contribution in [1.82, 2.24) is 5.32 Å². The summed E-state index contributed by atoms with van der Waals surface area (Å²) in [6.07, 6.45) is 7.10. The second-order valence-electron chi connectivity index (χ2n) is 6.39. The number of hydrogen-bond acceptors (Lipinski definition) is 2. The molecule has 0 spiro atoms. The Balaban J connectivity index is 1.83. The van der Waals surface area contributed by atoms with Gasteiger partial charge in [-0.15, -0.1) is 11.8 Å². The predicted molar refractivity (Wildman–Crippen MR) is 88.5 cm³/mol. The molecule has 1 aromatic rings. The Hall–Kier alpha value is -0.470. The highest BCUT2D eigenvalue weighted by Gasteiger charge is 2.38. The van der Waals surface area contributed by atoms with Crippen molar-refractivity contribution in [3.05, 3.63) is 29.8 Å². The monoisotopic (exact) mass is 289 g/mol. The minimum atomic E-state index is 0.663. The lowest BCUT2D eigenvalue weighted by atomic mass is 9.70. The summed E-state index contributed by atoms with van der Waals surface area (Å²) in [5.74, 6) is 3.77. The van der Waals surface area contributed by atoms with Gasteiger partial charge >= 0.3 is 0 Å². The third kappa shape index (κ3) is 2.65. The maximum atomic E-state index is 3.71. The molecule has 1 N–H and O–H groups in total. The minimum Gasteiger partial charge on any atom is -0.316 e. The molecule has 2 heteroatoms. The van der Waals surface area contributed by atoms with Crippen LogP contribution in [0.25, 0.3) is 0 Å². The van der Waals surface area contributed by atoms with Gasteiger partial charge in [0.15, 0.2) is 0 Å². The van der Waals surface area contributed by atoms with Gasteiger partial charge in [0.2, 0.25) is 0 Å². The second kappa shape index (κ2) is 6.53. The van der Waals surface area contributed by atoms with Crippen molar-refractivity contribution in [2.24, 2.45) is 11.8 Å². The van der Waals surface area contributed by atoms with Crippen molar-refractivity contribution < 1.29 is 0 Å². The van der Waals surface area contributed by atoms with Gasteiger partial charge in [-0.25, -0.2) is 0 Å². The lowest BCUT2D eigenvalue weighted by Gasteiger charge is -2.39. The van der Waals surface area contributed by atoms with Crippen molar-refractivity contribution in [3.63, 3.8) is 0 Å². The van der Waals surface area contributed by atoms with E-state index in [0.717, 1.165) is 11.8 Å². The Morgan fingerprint density at radius 1 is 1.25 bits per heavy atom. The first-order valence-corrected chi connectivity index (χ1v) is 9.22. The molecular weight excluding hydrogens is 262 g/mol. The summed E-state index contributed by atoms with van der Waals surface area (Å²) in [4.78, 5) is 1.52. The lowest BCUT2D eigenvalue weighted by molar-refractivity contribution is 0.167. The average Bonchev–Trinajstić information content (AvgIpc) is 2.93. The Kier molecular flexibility index (Phi) is 4.72. The quantitative estimate of drug-likeness (QED) is 0.863. The Bertz CT molecular complexity index is 445. The Morgan fingerprint density at radius 2 is 2.05 bits per heavy atom. The molecule has 0 saturated heterocycles. The lowest BCUT2D eigenvalue weighted by Crippen LogP contribution is -2.43. The Morgan fingerprint density at radius 3 is 2.85 bits per heavy atom. The van der Waals surface area contributed by atoms with Gasteiger partial charge in [-0.2, -0.15) is 0 Å². The van der Waals surface area contributed by atoms with Crippen molar-refractivity contribution in [1.29, 1.82) is 0 Å². The van der Waals surface area contributed by atoms with Gasteiger partial charge in [0.1, 0.15) is 0 Å². The molecule has 0 radical (unpaired) electrons. The van der Waals surface area contributed by atoms with Gasteiger partial charge in [-0.1, -0.05) is 50.8 Å². The summed E-state index contributed by atoms with van der Waals surface area (Å²) >= 11 is 2.05. The SMILES string of the molecule is CCC1CCCCC1C(NC)C1CSc2ccccc21. The first-order valence-electron chi connectivity index (χ1n) is 8.24. The van der Waals surface area contributed by atoms with Crippen molar-refractivity contribution in [3.8, 4) is 0 Å².